The molecule has 1 amide bonds. The molecule has 0 spiro atoms. The van der Waals surface area contributed by atoms with Gasteiger partial charge in [0.1, 0.15) is 6.61 Å². The third kappa shape index (κ3) is 12.4. The first-order chi connectivity index (χ1) is 12.2. The van der Waals surface area contributed by atoms with Crippen LogP contribution in [0.25, 0.3) is 0 Å². The Kier molecular flexibility index (Phi) is 14.1. The molecule has 148 valence electrons. The topological polar surface area (TPSA) is 66.5 Å². The van der Waals surface area contributed by atoms with Crippen LogP contribution < -0.4 is 0 Å². The summed E-state index contributed by atoms with van der Waals surface area (Å²) >= 11 is 4.41. The van der Waals surface area contributed by atoms with Crippen LogP contribution in [0.3, 0.4) is 0 Å². The minimum Gasteiger partial charge on any atom is -0.447 e. The highest BCUT2D eigenvalue weighted by Gasteiger charge is 2.21. The molecule has 0 aliphatic carbocycles. The van der Waals surface area contributed by atoms with Gasteiger partial charge in [-0.15, -0.1) is 0 Å². The van der Waals surface area contributed by atoms with Gasteiger partial charge >= 0.3 is 6.09 Å². The van der Waals surface area contributed by atoms with Gasteiger partial charge in [-0.05, 0) is 19.3 Å². The number of ether oxygens (including phenoxy) is 5. The molecule has 0 saturated carbocycles. The van der Waals surface area contributed by atoms with Crippen molar-refractivity contribution in [3.63, 3.8) is 0 Å². The van der Waals surface area contributed by atoms with E-state index in [1.165, 1.54) is 0 Å². The highest BCUT2D eigenvalue weighted by Crippen LogP contribution is 2.15. The molecule has 1 aliphatic rings. The molecule has 8 heteroatoms. The number of rotatable bonds is 14. The molecule has 1 saturated heterocycles. The monoisotopic (exact) mass is 379 g/mol. The molecule has 1 fully saturated rings. The molecule has 0 aromatic carbocycles. The molecule has 1 heterocycles. The molecular weight excluding hydrogens is 346 g/mol. The van der Waals surface area contributed by atoms with Crippen molar-refractivity contribution in [2.75, 3.05) is 72.6 Å². The Morgan fingerprint density at radius 2 is 1.28 bits per heavy atom. The molecule has 7 nitrogen and oxygen atoms in total. The van der Waals surface area contributed by atoms with Gasteiger partial charge < -0.3 is 28.6 Å². The zero-order valence-electron chi connectivity index (χ0n) is 15.3. The lowest BCUT2D eigenvalue weighted by atomic mass is 10.1. The zero-order chi connectivity index (χ0) is 18.2. The average Bonchev–Trinajstić information content (AvgIpc) is 2.62. The molecule has 0 aromatic heterocycles. The molecule has 0 unspecified atom stereocenters. The van der Waals surface area contributed by atoms with E-state index in [2.05, 4.69) is 19.6 Å². The van der Waals surface area contributed by atoms with Crippen molar-refractivity contribution in [2.45, 2.75) is 31.4 Å². The Hall–Kier alpha value is -0.540. The van der Waals surface area contributed by atoms with Crippen molar-refractivity contribution in [2.24, 2.45) is 0 Å². The van der Waals surface area contributed by atoms with E-state index in [1.807, 2.05) is 0 Å². The second-order valence-corrected chi connectivity index (χ2v) is 6.51. The van der Waals surface area contributed by atoms with Crippen LogP contribution in [0, 0.1) is 0 Å². The summed E-state index contributed by atoms with van der Waals surface area (Å²) in [4.78, 5) is 13.5. The van der Waals surface area contributed by atoms with Crippen molar-refractivity contribution in [3.05, 3.63) is 0 Å². The predicted octanol–water partition coefficient (Wildman–Crippen LogP) is 1.99. The first kappa shape index (κ1) is 22.5. The Morgan fingerprint density at radius 3 is 1.76 bits per heavy atom. The van der Waals surface area contributed by atoms with E-state index in [4.69, 9.17) is 23.7 Å². The van der Waals surface area contributed by atoms with Crippen LogP contribution in [-0.4, -0.2) is 88.8 Å². The smallest absolute Gasteiger partial charge is 0.409 e. The Morgan fingerprint density at radius 1 is 0.840 bits per heavy atom. The molecule has 0 atom stereocenters. The molecule has 1 rings (SSSR count). The number of piperidine rings is 1. The Labute approximate surface area is 156 Å². The Bertz CT molecular complexity index is 326. The summed E-state index contributed by atoms with van der Waals surface area (Å²) in [5, 5.41) is 0.396. The van der Waals surface area contributed by atoms with E-state index in [9.17, 15) is 4.79 Å². The van der Waals surface area contributed by atoms with E-state index in [-0.39, 0.29) is 12.7 Å². The average molecular weight is 380 g/mol. The van der Waals surface area contributed by atoms with E-state index in [0.29, 0.717) is 64.6 Å². The van der Waals surface area contributed by atoms with Crippen molar-refractivity contribution >= 4 is 18.7 Å². The van der Waals surface area contributed by atoms with Crippen LogP contribution >= 0.6 is 12.6 Å². The van der Waals surface area contributed by atoms with Gasteiger partial charge in [-0.1, -0.05) is 6.92 Å². The SMILES string of the molecule is CCCOCCOCCOCCOCCOC(=O)N1CCC(S)CC1. The molecule has 0 aromatic rings. The highest BCUT2D eigenvalue weighted by molar-refractivity contribution is 7.80. The van der Waals surface area contributed by atoms with Gasteiger partial charge in [-0.3, -0.25) is 0 Å². The zero-order valence-corrected chi connectivity index (χ0v) is 16.2. The van der Waals surface area contributed by atoms with Crippen LogP contribution in [0.15, 0.2) is 0 Å². The lowest BCUT2D eigenvalue weighted by molar-refractivity contribution is -0.00798. The van der Waals surface area contributed by atoms with Crippen molar-refractivity contribution in [3.8, 4) is 0 Å². The van der Waals surface area contributed by atoms with Gasteiger partial charge in [-0.2, -0.15) is 12.6 Å². The number of carbonyl (C=O) groups excluding carboxylic acids is 1. The molecule has 0 radical (unpaired) electrons. The maximum atomic E-state index is 11.8. The largest absolute Gasteiger partial charge is 0.447 e. The molecule has 0 bridgehead atoms. The standard InChI is InChI=1S/C17H33NO6S/c1-2-7-20-8-9-21-10-11-22-12-13-23-14-15-24-17(19)18-5-3-16(25)4-6-18/h16,25H,2-15H2,1H3. The first-order valence-corrected chi connectivity index (χ1v) is 9.66. The fourth-order valence-electron chi connectivity index (χ4n) is 2.23. The number of thiol groups is 1. The summed E-state index contributed by atoms with van der Waals surface area (Å²) in [7, 11) is 0. The van der Waals surface area contributed by atoms with Crippen molar-refractivity contribution in [1.82, 2.24) is 4.90 Å². The van der Waals surface area contributed by atoms with Gasteiger partial charge in [0, 0.05) is 24.9 Å². The van der Waals surface area contributed by atoms with E-state index in [0.717, 1.165) is 25.9 Å². The predicted molar refractivity (Wildman–Crippen MR) is 98.5 cm³/mol. The molecule has 25 heavy (non-hydrogen) atoms. The minimum absolute atomic E-state index is 0.264. The van der Waals surface area contributed by atoms with Gasteiger partial charge in [-0.25, -0.2) is 4.79 Å². The number of hydrogen-bond donors (Lipinski definition) is 1. The normalized spacial score (nSPS) is 15.5. The van der Waals surface area contributed by atoms with Crippen molar-refractivity contribution in [1.29, 1.82) is 0 Å². The lowest BCUT2D eigenvalue weighted by Gasteiger charge is -2.28. The molecule has 1 aliphatic heterocycles. The number of nitrogens with zero attached hydrogens (tertiary/aromatic N) is 1. The highest BCUT2D eigenvalue weighted by atomic mass is 32.1. The summed E-state index contributed by atoms with van der Waals surface area (Å²) < 4.78 is 26.6. The number of likely N-dealkylation sites (tertiary alicyclic amines) is 1. The fraction of sp³-hybridized carbons (Fsp3) is 0.941. The summed E-state index contributed by atoms with van der Waals surface area (Å²) in [5.74, 6) is 0. The van der Waals surface area contributed by atoms with Crippen LogP contribution in [0.4, 0.5) is 4.79 Å². The van der Waals surface area contributed by atoms with Crippen LogP contribution in [-0.2, 0) is 23.7 Å². The van der Waals surface area contributed by atoms with Gasteiger partial charge in [0.05, 0.1) is 46.2 Å². The third-order valence-electron chi connectivity index (χ3n) is 3.64. The number of carbonyl (C=O) groups is 1. The minimum atomic E-state index is -0.264. The van der Waals surface area contributed by atoms with Crippen LogP contribution in [0.1, 0.15) is 26.2 Å². The van der Waals surface area contributed by atoms with Gasteiger partial charge in [0.15, 0.2) is 0 Å². The maximum Gasteiger partial charge on any atom is 0.409 e. The van der Waals surface area contributed by atoms with Crippen molar-refractivity contribution < 1.29 is 28.5 Å². The fourth-order valence-corrected chi connectivity index (χ4v) is 2.46. The van der Waals surface area contributed by atoms with E-state index >= 15 is 0 Å². The second-order valence-electron chi connectivity index (χ2n) is 5.78. The molecule has 0 N–H and O–H groups in total. The number of amides is 1. The summed E-state index contributed by atoms with van der Waals surface area (Å²) in [6.45, 7) is 8.21. The first-order valence-electron chi connectivity index (χ1n) is 9.14. The number of hydrogen-bond acceptors (Lipinski definition) is 7. The van der Waals surface area contributed by atoms with Gasteiger partial charge in [0.2, 0.25) is 0 Å². The second kappa shape index (κ2) is 15.7. The summed E-state index contributed by atoms with van der Waals surface area (Å²) in [5.41, 5.74) is 0. The lowest BCUT2D eigenvalue weighted by Crippen LogP contribution is -2.39. The molecular formula is C17H33NO6S. The van der Waals surface area contributed by atoms with Crippen LogP contribution in [0.2, 0.25) is 0 Å². The van der Waals surface area contributed by atoms with Crippen LogP contribution in [0.5, 0.6) is 0 Å². The van der Waals surface area contributed by atoms with E-state index in [1.54, 1.807) is 4.90 Å². The Balaban J connectivity index is 1.78. The maximum absolute atomic E-state index is 11.8. The van der Waals surface area contributed by atoms with E-state index < -0.39 is 0 Å². The summed E-state index contributed by atoms with van der Waals surface area (Å²) in [6, 6.07) is 0. The van der Waals surface area contributed by atoms with Gasteiger partial charge in [0.25, 0.3) is 0 Å². The summed E-state index contributed by atoms with van der Waals surface area (Å²) in [6.07, 6.45) is 2.60. The third-order valence-corrected chi connectivity index (χ3v) is 4.16. The quantitative estimate of drug-likeness (QED) is 0.368.